The van der Waals surface area contributed by atoms with Crippen LogP contribution >= 0.6 is 0 Å². The highest BCUT2D eigenvalue weighted by molar-refractivity contribution is 5.38. The molecule has 0 saturated carbocycles. The highest BCUT2D eigenvalue weighted by Gasteiger charge is 2.21. The first-order valence-corrected chi connectivity index (χ1v) is 7.21. The summed E-state index contributed by atoms with van der Waals surface area (Å²) in [6.07, 6.45) is 0.534. The quantitative estimate of drug-likeness (QED) is 0.792. The third-order valence-corrected chi connectivity index (χ3v) is 3.71. The average Bonchev–Trinajstić information content (AvgIpc) is 2.55. The van der Waals surface area contributed by atoms with Crippen molar-refractivity contribution < 1.29 is 9.47 Å². The maximum atomic E-state index is 5.83. The van der Waals surface area contributed by atoms with Crippen LogP contribution in [0.15, 0.2) is 54.6 Å². The van der Waals surface area contributed by atoms with Crippen LogP contribution in [0.3, 0.4) is 0 Å². The largest absolute Gasteiger partial charge is 0.352 e. The molecular weight excluding hydrogens is 262 g/mol. The van der Waals surface area contributed by atoms with Crippen molar-refractivity contribution in [2.75, 3.05) is 20.8 Å². The molecule has 2 N–H and O–H groups in total. The Morgan fingerprint density at radius 2 is 1.43 bits per heavy atom. The standard InChI is InChI=1S/C18H23NO2/c1-20-18(21-2)17-11-7-6-10-16(17)15(12-13-19)14-8-4-3-5-9-14/h3-11,15,18H,12-13,19H2,1-2H3. The normalized spacial score (nSPS) is 12.6. The van der Waals surface area contributed by atoms with Crippen molar-refractivity contribution in [3.63, 3.8) is 0 Å². The Balaban J connectivity index is 2.46. The first kappa shape index (κ1) is 15.7. The Morgan fingerprint density at radius 1 is 0.857 bits per heavy atom. The Labute approximate surface area is 126 Å². The van der Waals surface area contributed by atoms with E-state index in [1.807, 2.05) is 18.2 Å². The second-order valence-corrected chi connectivity index (χ2v) is 4.97. The van der Waals surface area contributed by atoms with Gasteiger partial charge in [-0.05, 0) is 24.1 Å². The van der Waals surface area contributed by atoms with Crippen molar-refractivity contribution >= 4 is 0 Å². The third-order valence-electron chi connectivity index (χ3n) is 3.71. The zero-order valence-corrected chi connectivity index (χ0v) is 12.7. The van der Waals surface area contributed by atoms with Crippen molar-refractivity contribution in [2.24, 2.45) is 5.73 Å². The average molecular weight is 285 g/mol. The molecule has 0 spiro atoms. The fourth-order valence-corrected chi connectivity index (χ4v) is 2.75. The topological polar surface area (TPSA) is 44.5 Å². The number of benzene rings is 2. The first-order chi connectivity index (χ1) is 10.3. The fourth-order valence-electron chi connectivity index (χ4n) is 2.75. The van der Waals surface area contributed by atoms with Gasteiger partial charge in [-0.3, -0.25) is 0 Å². The van der Waals surface area contributed by atoms with E-state index in [1.54, 1.807) is 14.2 Å². The van der Waals surface area contributed by atoms with Gasteiger partial charge in [-0.15, -0.1) is 0 Å². The van der Waals surface area contributed by atoms with Crippen molar-refractivity contribution in [1.29, 1.82) is 0 Å². The van der Waals surface area contributed by atoms with E-state index in [-0.39, 0.29) is 12.2 Å². The van der Waals surface area contributed by atoms with Crippen LogP contribution in [0.25, 0.3) is 0 Å². The Kier molecular flexibility index (Phi) is 5.93. The van der Waals surface area contributed by atoms with Crippen LogP contribution in [0, 0.1) is 0 Å². The minimum atomic E-state index is -0.356. The lowest BCUT2D eigenvalue weighted by Crippen LogP contribution is -2.14. The van der Waals surface area contributed by atoms with Gasteiger partial charge in [0.2, 0.25) is 0 Å². The molecule has 0 heterocycles. The van der Waals surface area contributed by atoms with E-state index < -0.39 is 0 Å². The summed E-state index contributed by atoms with van der Waals surface area (Å²) < 4.78 is 10.9. The van der Waals surface area contributed by atoms with Crippen LogP contribution in [0.1, 0.15) is 35.3 Å². The number of nitrogens with two attached hydrogens (primary N) is 1. The van der Waals surface area contributed by atoms with E-state index in [1.165, 1.54) is 11.1 Å². The molecule has 0 amide bonds. The lowest BCUT2D eigenvalue weighted by atomic mass is 9.85. The third kappa shape index (κ3) is 3.70. The van der Waals surface area contributed by atoms with Gasteiger partial charge in [-0.2, -0.15) is 0 Å². The molecule has 2 aromatic rings. The number of hydrogen-bond donors (Lipinski definition) is 1. The monoisotopic (exact) mass is 285 g/mol. The zero-order valence-electron chi connectivity index (χ0n) is 12.7. The molecule has 0 aliphatic heterocycles. The highest BCUT2D eigenvalue weighted by Crippen LogP contribution is 2.33. The summed E-state index contributed by atoms with van der Waals surface area (Å²) >= 11 is 0. The Hall–Kier alpha value is -1.68. The molecule has 0 bridgehead atoms. The number of ether oxygens (including phenoxy) is 2. The second kappa shape index (κ2) is 7.93. The van der Waals surface area contributed by atoms with Gasteiger partial charge in [0.25, 0.3) is 0 Å². The SMILES string of the molecule is COC(OC)c1ccccc1C(CCN)c1ccccc1. The van der Waals surface area contributed by atoms with E-state index in [0.29, 0.717) is 6.54 Å². The van der Waals surface area contributed by atoms with Crippen LogP contribution in [-0.4, -0.2) is 20.8 Å². The minimum absolute atomic E-state index is 0.250. The summed E-state index contributed by atoms with van der Waals surface area (Å²) in [5, 5.41) is 0. The molecule has 0 radical (unpaired) electrons. The summed E-state index contributed by atoms with van der Waals surface area (Å²) in [4.78, 5) is 0. The van der Waals surface area contributed by atoms with E-state index in [2.05, 4.69) is 36.4 Å². The fraction of sp³-hybridized carbons (Fsp3) is 0.333. The summed E-state index contributed by atoms with van der Waals surface area (Å²) in [6, 6.07) is 18.7. The molecule has 3 heteroatoms. The molecule has 2 aromatic carbocycles. The van der Waals surface area contributed by atoms with Gasteiger partial charge in [0.1, 0.15) is 0 Å². The number of hydrogen-bond acceptors (Lipinski definition) is 3. The summed E-state index contributed by atoms with van der Waals surface area (Å²) in [7, 11) is 3.32. The molecule has 3 nitrogen and oxygen atoms in total. The van der Waals surface area contributed by atoms with Crippen LogP contribution in [0.4, 0.5) is 0 Å². The molecule has 0 fully saturated rings. The number of rotatable bonds is 7. The van der Waals surface area contributed by atoms with Crippen LogP contribution < -0.4 is 5.73 Å². The van der Waals surface area contributed by atoms with E-state index in [4.69, 9.17) is 15.2 Å². The lowest BCUT2D eigenvalue weighted by Gasteiger charge is -2.24. The van der Waals surface area contributed by atoms with E-state index in [9.17, 15) is 0 Å². The first-order valence-electron chi connectivity index (χ1n) is 7.21. The number of methoxy groups -OCH3 is 2. The van der Waals surface area contributed by atoms with Crippen molar-refractivity contribution in [2.45, 2.75) is 18.6 Å². The Morgan fingerprint density at radius 3 is 2.00 bits per heavy atom. The molecule has 0 aromatic heterocycles. The molecule has 2 rings (SSSR count). The van der Waals surface area contributed by atoms with Crippen LogP contribution in [0.2, 0.25) is 0 Å². The van der Waals surface area contributed by atoms with Gasteiger partial charge >= 0.3 is 0 Å². The van der Waals surface area contributed by atoms with Gasteiger partial charge in [0.15, 0.2) is 6.29 Å². The minimum Gasteiger partial charge on any atom is -0.352 e. The molecule has 21 heavy (non-hydrogen) atoms. The van der Waals surface area contributed by atoms with Gasteiger partial charge in [-0.1, -0.05) is 54.6 Å². The zero-order chi connectivity index (χ0) is 15.1. The van der Waals surface area contributed by atoms with Crippen molar-refractivity contribution in [3.8, 4) is 0 Å². The summed E-state index contributed by atoms with van der Waals surface area (Å²) in [5.41, 5.74) is 9.37. The second-order valence-electron chi connectivity index (χ2n) is 4.97. The maximum Gasteiger partial charge on any atom is 0.183 e. The lowest BCUT2D eigenvalue weighted by molar-refractivity contribution is -0.106. The molecule has 1 unspecified atom stereocenters. The summed E-state index contributed by atoms with van der Waals surface area (Å²) in [6.45, 7) is 0.637. The van der Waals surface area contributed by atoms with Crippen LogP contribution in [0.5, 0.6) is 0 Å². The smallest absolute Gasteiger partial charge is 0.183 e. The van der Waals surface area contributed by atoms with Crippen LogP contribution in [-0.2, 0) is 9.47 Å². The van der Waals surface area contributed by atoms with E-state index in [0.717, 1.165) is 12.0 Å². The summed E-state index contributed by atoms with van der Waals surface area (Å²) in [5.74, 6) is 0.250. The van der Waals surface area contributed by atoms with Gasteiger partial charge in [0, 0.05) is 25.7 Å². The molecule has 0 aliphatic rings. The molecular formula is C18H23NO2. The Bertz CT molecular complexity index is 538. The van der Waals surface area contributed by atoms with Crippen molar-refractivity contribution in [3.05, 3.63) is 71.3 Å². The van der Waals surface area contributed by atoms with Crippen molar-refractivity contribution in [1.82, 2.24) is 0 Å². The predicted octanol–water partition coefficient (Wildman–Crippen LogP) is 3.46. The maximum absolute atomic E-state index is 5.83. The molecule has 0 aliphatic carbocycles. The van der Waals surface area contributed by atoms with Gasteiger partial charge in [-0.25, -0.2) is 0 Å². The van der Waals surface area contributed by atoms with E-state index >= 15 is 0 Å². The van der Waals surface area contributed by atoms with Gasteiger partial charge < -0.3 is 15.2 Å². The predicted molar refractivity (Wildman–Crippen MR) is 85.2 cm³/mol. The molecule has 1 atom stereocenters. The molecule has 112 valence electrons. The molecule has 0 saturated heterocycles. The van der Waals surface area contributed by atoms with Gasteiger partial charge in [0.05, 0.1) is 0 Å². The highest BCUT2D eigenvalue weighted by atomic mass is 16.7.